The topological polar surface area (TPSA) is 62.3 Å². The van der Waals surface area contributed by atoms with E-state index in [4.69, 9.17) is 0 Å². The van der Waals surface area contributed by atoms with Crippen molar-refractivity contribution in [2.45, 2.75) is 44.7 Å². The maximum atomic E-state index is 13.0. The second-order valence-corrected chi connectivity index (χ2v) is 8.52. The third-order valence-electron chi connectivity index (χ3n) is 4.88. The fraction of sp³-hybridized carbons (Fsp3) is 0.450. The van der Waals surface area contributed by atoms with E-state index < -0.39 is 17.2 Å². The van der Waals surface area contributed by atoms with Crippen molar-refractivity contribution in [3.05, 3.63) is 46.5 Å². The van der Waals surface area contributed by atoms with Gasteiger partial charge in [-0.05, 0) is 18.1 Å². The molecule has 0 spiro atoms. The number of hydrogen-bond acceptors (Lipinski definition) is 4. The zero-order valence-electron chi connectivity index (χ0n) is 16.2. The summed E-state index contributed by atoms with van der Waals surface area (Å²) in [5, 5.41) is 5.12. The molecule has 0 aliphatic carbocycles. The average Bonchev–Trinajstić information content (AvgIpc) is 3.28. The molecule has 29 heavy (non-hydrogen) atoms. The molecule has 9 heteroatoms. The Morgan fingerprint density at radius 2 is 2.00 bits per heavy atom. The quantitative estimate of drug-likeness (QED) is 0.763. The number of carbonyl (C=O) groups excluding carboxylic acids is 2. The lowest BCUT2D eigenvalue weighted by molar-refractivity contribution is -0.137. The van der Waals surface area contributed by atoms with Crippen molar-refractivity contribution in [2.75, 3.05) is 18.0 Å². The minimum atomic E-state index is -4.41. The van der Waals surface area contributed by atoms with Gasteiger partial charge in [0.15, 0.2) is 5.13 Å². The van der Waals surface area contributed by atoms with Crippen LogP contribution in [0.5, 0.6) is 0 Å². The SMILES string of the molecule is CC(C)(CNC(=O)Cc1csc(N2CCCC2=O)n1)c1cccc(C(F)(F)F)c1. The predicted octanol–water partition coefficient (Wildman–Crippen LogP) is 3.93. The Morgan fingerprint density at radius 3 is 2.66 bits per heavy atom. The summed E-state index contributed by atoms with van der Waals surface area (Å²) in [6, 6.07) is 5.15. The van der Waals surface area contributed by atoms with Gasteiger partial charge >= 0.3 is 6.18 Å². The molecule has 1 aliphatic heterocycles. The molecular formula is C20H22F3N3O2S. The van der Waals surface area contributed by atoms with Crippen LogP contribution >= 0.6 is 11.3 Å². The van der Waals surface area contributed by atoms with Crippen LogP contribution in [-0.2, 0) is 27.6 Å². The van der Waals surface area contributed by atoms with E-state index in [0.29, 0.717) is 29.4 Å². The molecule has 0 bridgehead atoms. The highest BCUT2D eigenvalue weighted by molar-refractivity contribution is 7.14. The number of rotatable bonds is 6. The molecule has 0 unspecified atom stereocenters. The summed E-state index contributed by atoms with van der Waals surface area (Å²) in [5.41, 5.74) is -0.317. The number of nitrogens with one attached hydrogen (secondary N) is 1. The molecule has 156 valence electrons. The molecule has 2 heterocycles. The number of thiazole rings is 1. The van der Waals surface area contributed by atoms with Crippen LogP contribution < -0.4 is 10.2 Å². The highest BCUT2D eigenvalue weighted by atomic mass is 32.1. The lowest BCUT2D eigenvalue weighted by Crippen LogP contribution is -2.37. The number of amides is 2. The van der Waals surface area contributed by atoms with E-state index in [-0.39, 0.29) is 24.8 Å². The first-order valence-corrected chi connectivity index (χ1v) is 10.1. The average molecular weight is 425 g/mol. The van der Waals surface area contributed by atoms with Crippen LogP contribution in [0.2, 0.25) is 0 Å². The van der Waals surface area contributed by atoms with Crippen molar-refractivity contribution < 1.29 is 22.8 Å². The molecule has 2 amide bonds. The fourth-order valence-electron chi connectivity index (χ4n) is 3.12. The Hall–Kier alpha value is -2.42. The molecular weight excluding hydrogens is 403 g/mol. The minimum Gasteiger partial charge on any atom is -0.355 e. The van der Waals surface area contributed by atoms with E-state index in [1.165, 1.54) is 17.4 Å². The molecule has 0 radical (unpaired) electrons. The van der Waals surface area contributed by atoms with Gasteiger partial charge in [-0.15, -0.1) is 11.3 Å². The van der Waals surface area contributed by atoms with E-state index in [1.807, 2.05) is 0 Å². The van der Waals surface area contributed by atoms with Crippen molar-refractivity contribution in [1.29, 1.82) is 0 Å². The van der Waals surface area contributed by atoms with Gasteiger partial charge in [0.05, 0.1) is 17.7 Å². The lowest BCUT2D eigenvalue weighted by atomic mass is 9.83. The molecule has 1 aliphatic rings. The fourth-order valence-corrected chi connectivity index (χ4v) is 3.98. The van der Waals surface area contributed by atoms with Gasteiger partial charge in [0.1, 0.15) is 0 Å². The summed E-state index contributed by atoms with van der Waals surface area (Å²) in [5.74, 6) is -0.229. The smallest absolute Gasteiger partial charge is 0.355 e. The van der Waals surface area contributed by atoms with Gasteiger partial charge in [-0.25, -0.2) is 4.98 Å². The predicted molar refractivity (Wildman–Crippen MR) is 105 cm³/mol. The number of alkyl halides is 3. The number of aromatic nitrogens is 1. The Balaban J connectivity index is 1.59. The summed E-state index contributed by atoms with van der Waals surface area (Å²) < 4.78 is 38.9. The zero-order chi connectivity index (χ0) is 21.2. The normalized spacial score (nSPS) is 15.1. The van der Waals surface area contributed by atoms with Crippen LogP contribution in [0, 0.1) is 0 Å². The molecule has 1 N–H and O–H groups in total. The Kier molecular flexibility index (Phi) is 5.97. The number of carbonyl (C=O) groups is 2. The Morgan fingerprint density at radius 1 is 1.28 bits per heavy atom. The Labute approximate surface area is 170 Å². The lowest BCUT2D eigenvalue weighted by Gasteiger charge is -2.26. The van der Waals surface area contributed by atoms with Gasteiger partial charge < -0.3 is 5.32 Å². The van der Waals surface area contributed by atoms with Gasteiger partial charge in [0.25, 0.3) is 0 Å². The molecule has 1 fully saturated rings. The summed E-state index contributed by atoms with van der Waals surface area (Å²) in [7, 11) is 0. The third-order valence-corrected chi connectivity index (χ3v) is 5.80. The van der Waals surface area contributed by atoms with E-state index in [2.05, 4.69) is 10.3 Å². The Bertz CT molecular complexity index is 908. The third kappa shape index (κ3) is 5.14. The zero-order valence-corrected chi connectivity index (χ0v) is 17.0. The van der Waals surface area contributed by atoms with Crippen LogP contribution in [0.3, 0.4) is 0 Å². The maximum absolute atomic E-state index is 13.0. The van der Waals surface area contributed by atoms with Crippen molar-refractivity contribution >= 4 is 28.3 Å². The van der Waals surface area contributed by atoms with Crippen molar-refractivity contribution in [3.8, 4) is 0 Å². The van der Waals surface area contributed by atoms with Gasteiger partial charge in [-0.2, -0.15) is 13.2 Å². The second kappa shape index (κ2) is 8.14. The largest absolute Gasteiger partial charge is 0.416 e. The first-order chi connectivity index (χ1) is 13.6. The van der Waals surface area contributed by atoms with Crippen molar-refractivity contribution in [2.24, 2.45) is 0 Å². The molecule has 5 nitrogen and oxygen atoms in total. The summed E-state index contributed by atoms with van der Waals surface area (Å²) in [6.07, 6.45) is -3.04. The number of nitrogens with zero attached hydrogens (tertiary/aromatic N) is 2. The highest BCUT2D eigenvalue weighted by Crippen LogP contribution is 2.32. The van der Waals surface area contributed by atoms with Crippen LogP contribution in [0.25, 0.3) is 0 Å². The first kappa shape index (κ1) is 21.3. The number of hydrogen-bond donors (Lipinski definition) is 1. The minimum absolute atomic E-state index is 0.0400. The van der Waals surface area contributed by atoms with Crippen LogP contribution in [0.1, 0.15) is 43.5 Å². The molecule has 2 aromatic rings. The van der Waals surface area contributed by atoms with Gasteiger partial charge in [-0.1, -0.05) is 32.0 Å². The molecule has 1 saturated heterocycles. The van der Waals surface area contributed by atoms with Crippen molar-refractivity contribution in [3.63, 3.8) is 0 Å². The number of benzene rings is 1. The van der Waals surface area contributed by atoms with Crippen molar-refractivity contribution in [1.82, 2.24) is 10.3 Å². The summed E-state index contributed by atoms with van der Waals surface area (Å²) in [6.45, 7) is 4.39. The van der Waals surface area contributed by atoms with E-state index in [0.717, 1.165) is 18.6 Å². The summed E-state index contributed by atoms with van der Waals surface area (Å²) in [4.78, 5) is 30.1. The van der Waals surface area contributed by atoms with Gasteiger partial charge in [-0.3, -0.25) is 14.5 Å². The van der Waals surface area contributed by atoms with Gasteiger partial charge in [0.2, 0.25) is 11.8 Å². The maximum Gasteiger partial charge on any atom is 0.416 e. The monoisotopic (exact) mass is 425 g/mol. The van der Waals surface area contributed by atoms with E-state index in [9.17, 15) is 22.8 Å². The molecule has 1 aromatic heterocycles. The highest BCUT2D eigenvalue weighted by Gasteiger charge is 2.32. The summed E-state index contributed by atoms with van der Waals surface area (Å²) >= 11 is 1.32. The molecule has 1 aromatic carbocycles. The van der Waals surface area contributed by atoms with Crippen LogP contribution in [0.15, 0.2) is 29.6 Å². The first-order valence-electron chi connectivity index (χ1n) is 9.25. The molecule has 0 saturated carbocycles. The second-order valence-electron chi connectivity index (χ2n) is 7.69. The molecule has 3 rings (SSSR count). The number of anilines is 1. The molecule has 0 atom stereocenters. The van der Waals surface area contributed by atoms with E-state index in [1.54, 1.807) is 30.2 Å². The number of halogens is 3. The van der Waals surface area contributed by atoms with Gasteiger partial charge in [0, 0.05) is 30.3 Å². The van der Waals surface area contributed by atoms with Crippen LogP contribution in [0.4, 0.5) is 18.3 Å². The van der Waals surface area contributed by atoms with Crippen LogP contribution in [-0.4, -0.2) is 29.9 Å². The van der Waals surface area contributed by atoms with E-state index >= 15 is 0 Å². The standard InChI is InChI=1S/C20H22F3N3O2S/c1-19(2,13-5-3-6-14(9-13)20(21,22)23)12-24-16(27)10-15-11-29-18(25-15)26-8-4-7-17(26)28/h3,5-6,9,11H,4,7-8,10,12H2,1-2H3,(H,24,27).